The normalized spacial score (nSPS) is 12.1. The highest BCUT2D eigenvalue weighted by Gasteiger charge is 2.23. The van der Waals surface area contributed by atoms with Gasteiger partial charge in [0.2, 0.25) is 0 Å². The summed E-state index contributed by atoms with van der Waals surface area (Å²) in [5.41, 5.74) is 7.17. The van der Waals surface area contributed by atoms with Crippen LogP contribution in [0.1, 0.15) is 80.8 Å². The summed E-state index contributed by atoms with van der Waals surface area (Å²) < 4.78 is 9.63. The fraction of sp³-hybridized carbons (Fsp3) is 0.412. The summed E-state index contributed by atoms with van der Waals surface area (Å²) in [7, 11) is 2.86. The molecule has 1 atom stereocenters. The van der Waals surface area contributed by atoms with Gasteiger partial charge in [-0.3, -0.25) is 9.59 Å². The molecule has 0 N–H and O–H groups in total. The highest BCUT2D eigenvalue weighted by atomic mass is 16.5. The number of rotatable bonds is 6. The highest BCUT2D eigenvalue weighted by Crippen LogP contribution is 2.27. The molecular formula is C34H44O4. The van der Waals surface area contributed by atoms with Crippen LogP contribution in [-0.4, -0.2) is 26.2 Å². The van der Waals surface area contributed by atoms with Crippen molar-refractivity contribution >= 4 is 11.9 Å². The Balaban J connectivity index is 0.000000293. The minimum atomic E-state index is -0.267. The minimum absolute atomic E-state index is 0.107. The molecule has 0 radical (unpaired) electrons. The number of benzene rings is 3. The van der Waals surface area contributed by atoms with Gasteiger partial charge >= 0.3 is 11.9 Å². The summed E-state index contributed by atoms with van der Waals surface area (Å²) >= 11 is 0. The van der Waals surface area contributed by atoms with E-state index in [0.29, 0.717) is 12.8 Å². The lowest BCUT2D eigenvalue weighted by Crippen LogP contribution is -2.17. The van der Waals surface area contributed by atoms with E-state index in [1.165, 1.54) is 30.9 Å². The molecule has 0 heterocycles. The molecule has 4 heteroatoms. The fourth-order valence-electron chi connectivity index (χ4n) is 4.02. The second-order valence-electron chi connectivity index (χ2n) is 11.8. The first kappa shape index (κ1) is 30.8. The Morgan fingerprint density at radius 3 is 1.53 bits per heavy atom. The molecule has 3 aromatic rings. The van der Waals surface area contributed by atoms with Gasteiger partial charge in [-0.15, -0.1) is 0 Å². The molecule has 0 aliphatic rings. The van der Waals surface area contributed by atoms with Gasteiger partial charge < -0.3 is 9.47 Å². The molecule has 0 amide bonds. The summed E-state index contributed by atoms with van der Waals surface area (Å²) in [5, 5.41) is 0. The number of hydrogen-bond donors (Lipinski definition) is 0. The Morgan fingerprint density at radius 2 is 1.11 bits per heavy atom. The van der Waals surface area contributed by atoms with E-state index in [4.69, 9.17) is 4.74 Å². The van der Waals surface area contributed by atoms with Crippen LogP contribution in [0.2, 0.25) is 0 Å². The fourth-order valence-corrected chi connectivity index (χ4v) is 4.02. The molecule has 3 aromatic carbocycles. The number of esters is 2. The second kappa shape index (κ2) is 13.4. The van der Waals surface area contributed by atoms with E-state index in [2.05, 4.69) is 114 Å². The lowest BCUT2D eigenvalue weighted by molar-refractivity contribution is -0.142. The van der Waals surface area contributed by atoms with Crippen LogP contribution < -0.4 is 0 Å². The number of methoxy groups -OCH3 is 2. The summed E-state index contributed by atoms with van der Waals surface area (Å²) in [5.74, 6) is -0.649. The molecule has 0 saturated carbocycles. The summed E-state index contributed by atoms with van der Waals surface area (Å²) in [6, 6.07) is 24.7. The Kier molecular flexibility index (Phi) is 10.9. The van der Waals surface area contributed by atoms with Gasteiger partial charge in [-0.25, -0.2) is 0 Å². The van der Waals surface area contributed by atoms with Crippen LogP contribution in [0.25, 0.3) is 0 Å². The second-order valence-corrected chi connectivity index (χ2v) is 11.8. The van der Waals surface area contributed by atoms with Crippen LogP contribution in [0.15, 0.2) is 72.8 Å². The van der Waals surface area contributed by atoms with Crippen molar-refractivity contribution in [1.29, 1.82) is 0 Å². The van der Waals surface area contributed by atoms with E-state index >= 15 is 0 Å². The van der Waals surface area contributed by atoms with Crippen molar-refractivity contribution < 1.29 is 19.1 Å². The van der Waals surface area contributed by atoms with Crippen LogP contribution in [0.3, 0.4) is 0 Å². The molecule has 0 aliphatic heterocycles. The molecule has 38 heavy (non-hydrogen) atoms. The van der Waals surface area contributed by atoms with Crippen LogP contribution in [0.5, 0.6) is 0 Å². The van der Waals surface area contributed by atoms with Crippen molar-refractivity contribution in [2.45, 2.75) is 78.1 Å². The van der Waals surface area contributed by atoms with Gasteiger partial charge in [0.15, 0.2) is 0 Å². The molecule has 0 saturated heterocycles. The number of ether oxygens (including phenoxy) is 2. The molecule has 0 aromatic heterocycles. The third kappa shape index (κ3) is 9.48. The lowest BCUT2D eigenvalue weighted by atomic mass is 9.84. The van der Waals surface area contributed by atoms with E-state index in [0.717, 1.165) is 16.7 Å². The van der Waals surface area contributed by atoms with Gasteiger partial charge in [0.05, 0.1) is 26.6 Å². The first-order valence-corrected chi connectivity index (χ1v) is 13.1. The average Bonchev–Trinajstić information content (AvgIpc) is 2.87. The van der Waals surface area contributed by atoms with Crippen molar-refractivity contribution in [2.24, 2.45) is 0 Å². The van der Waals surface area contributed by atoms with Gasteiger partial charge in [-0.05, 0) is 52.0 Å². The van der Waals surface area contributed by atoms with Gasteiger partial charge in [0, 0.05) is 0 Å². The lowest BCUT2D eigenvalue weighted by Gasteiger charge is -2.21. The molecular weight excluding hydrogens is 472 g/mol. The third-order valence-corrected chi connectivity index (χ3v) is 6.62. The van der Waals surface area contributed by atoms with E-state index in [-0.39, 0.29) is 28.7 Å². The maximum atomic E-state index is 12.2. The van der Waals surface area contributed by atoms with Crippen molar-refractivity contribution in [1.82, 2.24) is 0 Å². The first-order chi connectivity index (χ1) is 17.7. The zero-order valence-corrected chi connectivity index (χ0v) is 24.6. The van der Waals surface area contributed by atoms with E-state index in [1.807, 2.05) is 12.1 Å². The maximum absolute atomic E-state index is 12.2. The predicted octanol–water partition coefficient (Wildman–Crippen LogP) is 7.49. The molecule has 4 nitrogen and oxygen atoms in total. The maximum Gasteiger partial charge on any atom is 0.313 e. The predicted molar refractivity (Wildman–Crippen MR) is 156 cm³/mol. The van der Waals surface area contributed by atoms with E-state index in [1.54, 1.807) is 0 Å². The topological polar surface area (TPSA) is 52.6 Å². The molecule has 0 aliphatic carbocycles. The largest absolute Gasteiger partial charge is 0.469 e. The van der Waals surface area contributed by atoms with Crippen LogP contribution >= 0.6 is 0 Å². The Hall–Kier alpha value is -3.40. The highest BCUT2D eigenvalue weighted by molar-refractivity contribution is 5.78. The molecule has 204 valence electrons. The van der Waals surface area contributed by atoms with Gasteiger partial charge in [0.1, 0.15) is 0 Å². The standard InChI is InChI=1S/C21H26O2.C13H18O2/c1-15-6-8-16(9-7-15)14-19(20(22)23-5)17-10-12-18(13-11-17)21(2,3)4;1-13(2,3)11-7-5-10(6-8-11)9-12(14)15-4/h6-13,19H,14H2,1-5H3;5-8H,9H2,1-4H3. The Morgan fingerprint density at radius 1 is 0.658 bits per heavy atom. The molecule has 0 bridgehead atoms. The monoisotopic (exact) mass is 516 g/mol. The van der Waals surface area contributed by atoms with Crippen LogP contribution in [0.4, 0.5) is 0 Å². The molecule has 1 unspecified atom stereocenters. The number of carbonyl (C=O) groups excluding carboxylic acids is 2. The summed E-state index contributed by atoms with van der Waals surface area (Å²) in [6.45, 7) is 15.1. The Labute approximate surface area is 229 Å². The van der Waals surface area contributed by atoms with E-state index in [9.17, 15) is 9.59 Å². The molecule has 0 fully saturated rings. The third-order valence-electron chi connectivity index (χ3n) is 6.62. The quantitative estimate of drug-likeness (QED) is 0.319. The molecule has 3 rings (SSSR count). The summed E-state index contributed by atoms with van der Waals surface area (Å²) in [4.78, 5) is 23.3. The van der Waals surface area contributed by atoms with Crippen molar-refractivity contribution in [3.05, 3.63) is 106 Å². The summed E-state index contributed by atoms with van der Waals surface area (Å²) in [6.07, 6.45) is 1.00. The van der Waals surface area contributed by atoms with Crippen LogP contribution in [0, 0.1) is 6.92 Å². The van der Waals surface area contributed by atoms with Gasteiger partial charge in [-0.2, -0.15) is 0 Å². The van der Waals surface area contributed by atoms with Crippen molar-refractivity contribution in [3.63, 3.8) is 0 Å². The SMILES string of the molecule is COC(=O)C(Cc1ccc(C)cc1)c1ccc(C(C)(C)C)cc1.COC(=O)Cc1ccc(C(C)(C)C)cc1. The van der Waals surface area contributed by atoms with Crippen molar-refractivity contribution in [3.8, 4) is 0 Å². The smallest absolute Gasteiger partial charge is 0.313 e. The van der Waals surface area contributed by atoms with Crippen molar-refractivity contribution in [2.75, 3.05) is 14.2 Å². The number of aryl methyl sites for hydroxylation is 1. The minimum Gasteiger partial charge on any atom is -0.469 e. The first-order valence-electron chi connectivity index (χ1n) is 13.1. The Bertz CT molecular complexity index is 1160. The van der Waals surface area contributed by atoms with Crippen LogP contribution in [-0.2, 0) is 42.7 Å². The zero-order valence-electron chi connectivity index (χ0n) is 24.6. The van der Waals surface area contributed by atoms with E-state index < -0.39 is 0 Å². The number of hydrogen-bond acceptors (Lipinski definition) is 4. The zero-order chi connectivity index (χ0) is 28.5. The number of carbonyl (C=O) groups is 2. The van der Waals surface area contributed by atoms with Gasteiger partial charge in [0.25, 0.3) is 0 Å². The average molecular weight is 517 g/mol. The molecule has 0 spiro atoms. The van der Waals surface area contributed by atoms with Gasteiger partial charge in [-0.1, -0.05) is 120 Å².